The Kier molecular flexibility index (Phi) is 4.13. The Hall–Kier alpha value is -1.98. The molecule has 0 bridgehead atoms. The summed E-state index contributed by atoms with van der Waals surface area (Å²) in [6.45, 7) is 0. The first-order chi connectivity index (χ1) is 10.2. The van der Waals surface area contributed by atoms with Crippen LogP contribution in [-0.2, 0) is 5.75 Å². The summed E-state index contributed by atoms with van der Waals surface area (Å²) >= 11 is 7.59. The predicted octanol–water partition coefficient (Wildman–Crippen LogP) is 4.26. The van der Waals surface area contributed by atoms with E-state index in [0.29, 0.717) is 5.89 Å². The lowest BCUT2D eigenvalue weighted by Gasteiger charge is -2.06. The van der Waals surface area contributed by atoms with Crippen molar-refractivity contribution in [1.29, 1.82) is 0 Å². The number of thioether (sulfide) groups is 1. The van der Waals surface area contributed by atoms with Gasteiger partial charge in [-0.15, -0.1) is 16.9 Å². The molecule has 21 heavy (non-hydrogen) atoms. The maximum absolute atomic E-state index is 5.89. The fraction of sp³-hybridized carbons (Fsp3) is 0.0667. The molecule has 2 aromatic carbocycles. The molecule has 0 aliphatic heterocycles. The maximum Gasteiger partial charge on any atom is 0.313 e. The highest BCUT2D eigenvalue weighted by Gasteiger charge is 2.11. The van der Waals surface area contributed by atoms with Gasteiger partial charge in [0.1, 0.15) is 0 Å². The predicted molar refractivity (Wildman–Crippen MR) is 85.2 cm³/mol. The van der Waals surface area contributed by atoms with Gasteiger partial charge in [0.05, 0.1) is 5.56 Å². The van der Waals surface area contributed by atoms with Crippen LogP contribution in [0, 0.1) is 0 Å². The largest absolute Gasteiger partial charge is 0.404 e. The quantitative estimate of drug-likeness (QED) is 0.728. The Labute approximate surface area is 131 Å². The van der Waals surface area contributed by atoms with Gasteiger partial charge in [-0.05, 0) is 29.8 Å². The van der Waals surface area contributed by atoms with E-state index in [4.69, 9.17) is 21.8 Å². The van der Waals surface area contributed by atoms with E-state index in [2.05, 4.69) is 10.2 Å². The number of nitrogen functional groups attached to an aromatic ring is 1. The number of nitrogens with two attached hydrogens (primary N) is 1. The topological polar surface area (TPSA) is 64.9 Å². The summed E-state index contributed by atoms with van der Waals surface area (Å²) in [4.78, 5) is 1.07. The number of anilines is 1. The molecule has 0 spiro atoms. The van der Waals surface area contributed by atoms with Crippen molar-refractivity contribution >= 4 is 29.4 Å². The molecule has 3 aromatic rings. The molecule has 6 heteroatoms. The third-order valence-corrected chi connectivity index (χ3v) is 4.26. The molecule has 0 saturated carbocycles. The molecule has 4 nitrogen and oxygen atoms in total. The highest BCUT2D eigenvalue weighted by molar-refractivity contribution is 7.98. The van der Waals surface area contributed by atoms with Gasteiger partial charge in [-0.2, -0.15) is 0 Å². The van der Waals surface area contributed by atoms with Gasteiger partial charge in [-0.1, -0.05) is 41.0 Å². The van der Waals surface area contributed by atoms with Gasteiger partial charge >= 0.3 is 6.01 Å². The summed E-state index contributed by atoms with van der Waals surface area (Å²) in [5, 5.41) is 8.38. The van der Waals surface area contributed by atoms with Gasteiger partial charge < -0.3 is 10.2 Å². The van der Waals surface area contributed by atoms with Crippen LogP contribution in [0.1, 0.15) is 5.56 Å². The summed E-state index contributed by atoms with van der Waals surface area (Å²) in [5.74, 6) is 1.27. The van der Waals surface area contributed by atoms with Crippen molar-refractivity contribution in [3.63, 3.8) is 0 Å². The average Bonchev–Trinajstić information content (AvgIpc) is 2.93. The molecular formula is C15H12ClN3OS. The van der Waals surface area contributed by atoms with Crippen LogP contribution in [0.5, 0.6) is 0 Å². The van der Waals surface area contributed by atoms with Crippen LogP contribution in [0.4, 0.5) is 6.01 Å². The van der Waals surface area contributed by atoms with Crippen molar-refractivity contribution in [1.82, 2.24) is 10.2 Å². The van der Waals surface area contributed by atoms with Crippen LogP contribution < -0.4 is 5.73 Å². The molecule has 1 heterocycles. The van der Waals surface area contributed by atoms with Crippen molar-refractivity contribution < 1.29 is 4.42 Å². The van der Waals surface area contributed by atoms with Crippen LogP contribution in [0.15, 0.2) is 57.8 Å². The van der Waals surface area contributed by atoms with E-state index >= 15 is 0 Å². The SMILES string of the molecule is Nc1nnc(-c2ccccc2SCc2ccc(Cl)cc2)o1. The third-order valence-electron chi connectivity index (χ3n) is 2.87. The minimum Gasteiger partial charge on any atom is -0.404 e. The first-order valence-corrected chi connectivity index (χ1v) is 7.64. The molecule has 106 valence electrons. The number of hydrogen-bond donors (Lipinski definition) is 1. The third kappa shape index (κ3) is 3.37. The lowest BCUT2D eigenvalue weighted by atomic mass is 10.2. The Balaban J connectivity index is 1.81. The molecule has 0 saturated heterocycles. The molecule has 0 radical (unpaired) electrons. The summed E-state index contributed by atoms with van der Waals surface area (Å²) in [5.41, 5.74) is 7.57. The first-order valence-electron chi connectivity index (χ1n) is 6.28. The number of nitrogens with zero attached hydrogens (tertiary/aromatic N) is 2. The Morgan fingerprint density at radius 3 is 2.52 bits per heavy atom. The highest BCUT2D eigenvalue weighted by atomic mass is 35.5. The second-order valence-corrected chi connectivity index (χ2v) is 5.81. The molecule has 0 atom stereocenters. The first kappa shape index (κ1) is 14.0. The van der Waals surface area contributed by atoms with E-state index in [0.717, 1.165) is 21.2 Å². The Morgan fingerprint density at radius 1 is 1.05 bits per heavy atom. The van der Waals surface area contributed by atoms with Gasteiger partial charge in [-0.25, -0.2) is 0 Å². The standard InChI is InChI=1S/C15H12ClN3OS/c16-11-7-5-10(6-8-11)9-21-13-4-2-1-3-12(13)14-18-19-15(17)20-14/h1-8H,9H2,(H2,17,19). The lowest BCUT2D eigenvalue weighted by molar-refractivity contribution is 0.589. The number of rotatable bonds is 4. The summed E-state index contributed by atoms with van der Waals surface area (Å²) in [6, 6.07) is 15.8. The van der Waals surface area contributed by atoms with Crippen LogP contribution in [-0.4, -0.2) is 10.2 Å². The van der Waals surface area contributed by atoms with Gasteiger partial charge in [0.25, 0.3) is 5.89 Å². The lowest BCUT2D eigenvalue weighted by Crippen LogP contribution is -1.85. The summed E-state index contributed by atoms with van der Waals surface area (Å²) < 4.78 is 5.30. The molecule has 0 aliphatic rings. The van der Waals surface area contributed by atoms with Crippen LogP contribution >= 0.6 is 23.4 Å². The van der Waals surface area contributed by atoms with Gasteiger partial charge in [0.15, 0.2) is 0 Å². The van der Waals surface area contributed by atoms with Crippen LogP contribution in [0.3, 0.4) is 0 Å². The molecule has 2 N–H and O–H groups in total. The van der Waals surface area contributed by atoms with Crippen LogP contribution in [0.2, 0.25) is 5.02 Å². The van der Waals surface area contributed by atoms with Crippen molar-refractivity contribution in [2.75, 3.05) is 5.73 Å². The number of aromatic nitrogens is 2. The molecule has 3 rings (SSSR count). The highest BCUT2D eigenvalue weighted by Crippen LogP contribution is 2.32. The van der Waals surface area contributed by atoms with Crippen molar-refractivity contribution in [3.05, 3.63) is 59.1 Å². The molecular weight excluding hydrogens is 306 g/mol. The van der Waals surface area contributed by atoms with E-state index in [1.54, 1.807) is 11.8 Å². The van der Waals surface area contributed by atoms with Crippen molar-refractivity contribution in [2.45, 2.75) is 10.6 Å². The van der Waals surface area contributed by atoms with Crippen molar-refractivity contribution in [2.24, 2.45) is 0 Å². The van der Waals surface area contributed by atoms with E-state index in [1.165, 1.54) is 5.56 Å². The number of hydrogen-bond acceptors (Lipinski definition) is 5. The average molecular weight is 318 g/mol. The molecule has 0 fully saturated rings. The summed E-state index contributed by atoms with van der Waals surface area (Å²) in [6.07, 6.45) is 0. The van der Waals surface area contributed by atoms with E-state index < -0.39 is 0 Å². The van der Waals surface area contributed by atoms with Crippen LogP contribution in [0.25, 0.3) is 11.5 Å². The summed E-state index contributed by atoms with van der Waals surface area (Å²) in [7, 11) is 0. The maximum atomic E-state index is 5.89. The molecule has 0 amide bonds. The van der Waals surface area contributed by atoms with E-state index in [1.807, 2.05) is 48.5 Å². The zero-order chi connectivity index (χ0) is 14.7. The Morgan fingerprint density at radius 2 is 1.81 bits per heavy atom. The number of halogens is 1. The minimum atomic E-state index is 0.0718. The van der Waals surface area contributed by atoms with Gasteiger partial charge in [0.2, 0.25) is 0 Å². The van der Waals surface area contributed by atoms with E-state index in [-0.39, 0.29) is 6.01 Å². The van der Waals surface area contributed by atoms with Crippen molar-refractivity contribution in [3.8, 4) is 11.5 Å². The Bertz CT molecular complexity index is 743. The normalized spacial score (nSPS) is 10.7. The monoisotopic (exact) mass is 317 g/mol. The fourth-order valence-electron chi connectivity index (χ4n) is 1.85. The molecule has 0 aliphatic carbocycles. The minimum absolute atomic E-state index is 0.0718. The second kappa shape index (κ2) is 6.20. The van der Waals surface area contributed by atoms with Gasteiger partial charge in [-0.3, -0.25) is 0 Å². The fourth-order valence-corrected chi connectivity index (χ4v) is 2.98. The van der Waals surface area contributed by atoms with Gasteiger partial charge in [0, 0.05) is 15.7 Å². The van der Waals surface area contributed by atoms with E-state index in [9.17, 15) is 0 Å². The smallest absolute Gasteiger partial charge is 0.313 e. The zero-order valence-corrected chi connectivity index (χ0v) is 12.6. The zero-order valence-electron chi connectivity index (χ0n) is 11.0. The second-order valence-electron chi connectivity index (χ2n) is 4.36. The molecule has 0 unspecified atom stereocenters. The molecule has 1 aromatic heterocycles. The number of benzene rings is 2.